The summed E-state index contributed by atoms with van der Waals surface area (Å²) >= 11 is 0. The summed E-state index contributed by atoms with van der Waals surface area (Å²) in [5.41, 5.74) is 5.77. The van der Waals surface area contributed by atoms with E-state index in [1.165, 1.54) is 11.1 Å². The van der Waals surface area contributed by atoms with Gasteiger partial charge >= 0.3 is 0 Å². The molecule has 0 fully saturated rings. The summed E-state index contributed by atoms with van der Waals surface area (Å²) in [6.45, 7) is 2.51. The molecule has 0 bridgehead atoms. The van der Waals surface area contributed by atoms with Gasteiger partial charge in [0.25, 0.3) is 0 Å². The molecule has 0 radical (unpaired) electrons. The van der Waals surface area contributed by atoms with Gasteiger partial charge in [-0.25, -0.2) is 15.8 Å². The van der Waals surface area contributed by atoms with Gasteiger partial charge in [-0.3, -0.25) is 0 Å². The van der Waals surface area contributed by atoms with Crippen LogP contribution in [0, 0.1) is 6.92 Å². The molecular weight excluding hydrogens is 240 g/mol. The number of nitrogens with zero attached hydrogens (tertiary/aromatic N) is 2. The minimum absolute atomic E-state index is 0.443. The van der Waals surface area contributed by atoms with E-state index in [0.29, 0.717) is 18.8 Å². The van der Waals surface area contributed by atoms with E-state index in [-0.39, 0.29) is 0 Å². The van der Waals surface area contributed by atoms with E-state index in [0.717, 1.165) is 11.5 Å². The number of methoxy groups -OCH3 is 1. The zero-order chi connectivity index (χ0) is 13.7. The molecule has 1 aromatic carbocycles. The molecule has 2 rings (SSSR count). The number of hydrogen-bond donors (Lipinski definition) is 2. The van der Waals surface area contributed by atoms with Crippen molar-refractivity contribution in [3.05, 3.63) is 53.0 Å². The quantitative estimate of drug-likeness (QED) is 0.632. The van der Waals surface area contributed by atoms with Crippen LogP contribution < -0.4 is 11.3 Å². The highest BCUT2D eigenvalue weighted by atomic mass is 16.5. The highest BCUT2D eigenvalue weighted by Crippen LogP contribution is 2.11. The summed E-state index contributed by atoms with van der Waals surface area (Å²) in [5.74, 6) is 6.75. The first-order chi connectivity index (χ1) is 9.21. The van der Waals surface area contributed by atoms with Crippen molar-refractivity contribution in [3.8, 4) is 0 Å². The van der Waals surface area contributed by atoms with Crippen LogP contribution in [0.2, 0.25) is 0 Å². The molecule has 0 saturated heterocycles. The maximum absolute atomic E-state index is 5.42. The fourth-order valence-electron chi connectivity index (χ4n) is 1.82. The van der Waals surface area contributed by atoms with Crippen LogP contribution in [0.3, 0.4) is 0 Å². The number of anilines is 1. The molecule has 1 aromatic heterocycles. The molecule has 0 unspecified atom stereocenters. The molecule has 3 N–H and O–H groups in total. The smallest absolute Gasteiger partial charge is 0.144 e. The normalized spacial score (nSPS) is 10.5. The summed E-state index contributed by atoms with van der Waals surface area (Å²) in [7, 11) is 1.64. The molecule has 5 heteroatoms. The second kappa shape index (κ2) is 6.26. The average Bonchev–Trinajstić information content (AvgIpc) is 2.41. The third-order valence-corrected chi connectivity index (χ3v) is 2.75. The molecule has 0 aliphatic carbocycles. The number of aromatic nitrogens is 2. The maximum Gasteiger partial charge on any atom is 0.144 e. The second-order valence-corrected chi connectivity index (χ2v) is 4.40. The molecule has 0 saturated carbocycles. The minimum atomic E-state index is 0.443. The lowest BCUT2D eigenvalue weighted by Crippen LogP contribution is -2.12. The van der Waals surface area contributed by atoms with Gasteiger partial charge in [-0.05, 0) is 12.5 Å². The number of aryl methyl sites for hydroxylation is 1. The highest BCUT2D eigenvalue weighted by Gasteiger charge is 2.05. The zero-order valence-corrected chi connectivity index (χ0v) is 11.2. The van der Waals surface area contributed by atoms with Crippen LogP contribution in [-0.4, -0.2) is 17.1 Å². The Hall–Kier alpha value is -1.98. The predicted molar refractivity (Wildman–Crippen MR) is 74.5 cm³/mol. The molecule has 5 nitrogen and oxygen atoms in total. The fraction of sp³-hybridized carbons (Fsp3) is 0.286. The second-order valence-electron chi connectivity index (χ2n) is 4.40. The van der Waals surface area contributed by atoms with Gasteiger partial charge in [0, 0.05) is 19.6 Å². The van der Waals surface area contributed by atoms with Crippen molar-refractivity contribution in [2.75, 3.05) is 12.5 Å². The van der Waals surface area contributed by atoms with E-state index in [4.69, 9.17) is 10.6 Å². The van der Waals surface area contributed by atoms with Crippen LogP contribution in [0.1, 0.15) is 22.6 Å². The maximum atomic E-state index is 5.42. The molecule has 0 aliphatic heterocycles. The predicted octanol–water partition coefficient (Wildman–Crippen LogP) is 1.81. The summed E-state index contributed by atoms with van der Waals surface area (Å²) in [6, 6.07) is 10.1. The zero-order valence-electron chi connectivity index (χ0n) is 11.2. The first-order valence-electron chi connectivity index (χ1n) is 6.09. The number of nitrogens with one attached hydrogen (secondary N) is 1. The first kappa shape index (κ1) is 13.5. The summed E-state index contributed by atoms with van der Waals surface area (Å²) in [6.07, 6.45) is 0.673. The van der Waals surface area contributed by atoms with Crippen LogP contribution in [0.5, 0.6) is 0 Å². The monoisotopic (exact) mass is 258 g/mol. The fourth-order valence-corrected chi connectivity index (χ4v) is 1.82. The molecule has 0 amide bonds. The van der Waals surface area contributed by atoms with Crippen LogP contribution in [0.15, 0.2) is 30.3 Å². The number of ether oxygens (including phenoxy) is 1. The molecule has 0 aliphatic rings. The largest absolute Gasteiger partial charge is 0.378 e. The van der Waals surface area contributed by atoms with E-state index >= 15 is 0 Å². The Morgan fingerprint density at radius 2 is 1.95 bits per heavy atom. The Kier molecular flexibility index (Phi) is 4.43. The van der Waals surface area contributed by atoms with E-state index in [1.54, 1.807) is 13.2 Å². The third kappa shape index (κ3) is 3.74. The minimum Gasteiger partial charge on any atom is -0.378 e. The van der Waals surface area contributed by atoms with Crippen molar-refractivity contribution in [2.24, 2.45) is 5.84 Å². The van der Waals surface area contributed by atoms with Gasteiger partial charge in [0.1, 0.15) is 11.6 Å². The van der Waals surface area contributed by atoms with Crippen LogP contribution >= 0.6 is 0 Å². The van der Waals surface area contributed by atoms with Gasteiger partial charge in [-0.1, -0.05) is 29.8 Å². The van der Waals surface area contributed by atoms with Gasteiger partial charge in [0.15, 0.2) is 0 Å². The SMILES string of the molecule is COCc1cc(NN)nc(Cc2ccc(C)cc2)n1. The van der Waals surface area contributed by atoms with E-state index in [2.05, 4.69) is 46.6 Å². The summed E-state index contributed by atoms with van der Waals surface area (Å²) in [5, 5.41) is 0. The number of rotatable bonds is 5. The van der Waals surface area contributed by atoms with E-state index in [9.17, 15) is 0 Å². The number of nitrogens with two attached hydrogens (primary N) is 1. The van der Waals surface area contributed by atoms with Crippen LogP contribution in [0.25, 0.3) is 0 Å². The molecule has 19 heavy (non-hydrogen) atoms. The number of benzene rings is 1. The highest BCUT2D eigenvalue weighted by molar-refractivity contribution is 5.35. The molecule has 100 valence electrons. The number of hydrazine groups is 1. The standard InChI is InChI=1S/C14H18N4O/c1-10-3-5-11(6-4-10)7-13-16-12(9-19-2)8-14(17-13)18-15/h3-6,8H,7,9,15H2,1-2H3,(H,16,17,18). The third-order valence-electron chi connectivity index (χ3n) is 2.75. The Labute approximate surface area is 112 Å². The Morgan fingerprint density at radius 1 is 1.21 bits per heavy atom. The molecular formula is C14H18N4O. The van der Waals surface area contributed by atoms with Crippen molar-refractivity contribution < 1.29 is 4.74 Å². The first-order valence-corrected chi connectivity index (χ1v) is 6.09. The Balaban J connectivity index is 2.23. The van der Waals surface area contributed by atoms with Gasteiger partial charge in [0.2, 0.25) is 0 Å². The Morgan fingerprint density at radius 3 is 2.58 bits per heavy atom. The summed E-state index contributed by atoms with van der Waals surface area (Å²) in [4.78, 5) is 8.81. The van der Waals surface area contributed by atoms with Crippen molar-refractivity contribution in [2.45, 2.75) is 20.0 Å². The van der Waals surface area contributed by atoms with Crippen molar-refractivity contribution in [1.29, 1.82) is 0 Å². The van der Waals surface area contributed by atoms with E-state index < -0.39 is 0 Å². The topological polar surface area (TPSA) is 73.1 Å². The molecule has 0 spiro atoms. The molecule has 2 aromatic rings. The van der Waals surface area contributed by atoms with Crippen molar-refractivity contribution in [1.82, 2.24) is 9.97 Å². The molecule has 0 atom stereocenters. The van der Waals surface area contributed by atoms with Gasteiger partial charge in [-0.2, -0.15) is 0 Å². The lowest BCUT2D eigenvalue weighted by molar-refractivity contribution is 0.181. The van der Waals surface area contributed by atoms with Gasteiger partial charge < -0.3 is 10.2 Å². The lowest BCUT2D eigenvalue weighted by Gasteiger charge is -2.07. The lowest BCUT2D eigenvalue weighted by atomic mass is 10.1. The summed E-state index contributed by atoms with van der Waals surface area (Å²) < 4.78 is 5.09. The van der Waals surface area contributed by atoms with Crippen molar-refractivity contribution >= 4 is 5.82 Å². The number of hydrogen-bond acceptors (Lipinski definition) is 5. The van der Waals surface area contributed by atoms with Crippen LogP contribution in [-0.2, 0) is 17.8 Å². The van der Waals surface area contributed by atoms with Gasteiger partial charge in [-0.15, -0.1) is 0 Å². The average molecular weight is 258 g/mol. The van der Waals surface area contributed by atoms with E-state index in [1.807, 2.05) is 0 Å². The Bertz CT molecular complexity index is 540. The number of nitrogen functional groups attached to an aromatic ring is 1. The molecule has 1 heterocycles. The van der Waals surface area contributed by atoms with Crippen molar-refractivity contribution in [3.63, 3.8) is 0 Å². The van der Waals surface area contributed by atoms with Crippen LogP contribution in [0.4, 0.5) is 5.82 Å². The van der Waals surface area contributed by atoms with Gasteiger partial charge in [0.05, 0.1) is 12.3 Å².